The maximum absolute atomic E-state index is 12.1. The standard InChI is InChI=1S/C18H21N3O2/c1-4-7-15-13(5-2)14-9-11-21-16(8-10-19-21)18(14)20(15)12-17(22)23-6-3/h4-5,7-8,10H,2,6,9,11-12H2,1,3H3/b7-4-. The molecule has 0 amide bonds. The number of carbonyl (C=O) groups excluding carboxylic acids is 1. The summed E-state index contributed by atoms with van der Waals surface area (Å²) in [5, 5.41) is 4.37. The molecule has 120 valence electrons. The molecule has 0 atom stereocenters. The van der Waals surface area contributed by atoms with Crippen molar-refractivity contribution < 1.29 is 9.53 Å². The van der Waals surface area contributed by atoms with Crippen molar-refractivity contribution in [1.29, 1.82) is 0 Å². The SMILES string of the molecule is C=Cc1c2c(n(CC(=O)OCC)c1/C=C\C)-c1ccnn1CC2. The zero-order chi connectivity index (χ0) is 16.4. The molecule has 0 saturated heterocycles. The Morgan fingerprint density at radius 3 is 3.04 bits per heavy atom. The minimum Gasteiger partial charge on any atom is -0.465 e. The van der Waals surface area contributed by atoms with Crippen molar-refractivity contribution in [3.63, 3.8) is 0 Å². The molecule has 23 heavy (non-hydrogen) atoms. The lowest BCUT2D eigenvalue weighted by Gasteiger charge is -2.18. The van der Waals surface area contributed by atoms with E-state index in [1.165, 1.54) is 5.56 Å². The van der Waals surface area contributed by atoms with Crippen LogP contribution >= 0.6 is 0 Å². The Kier molecular flexibility index (Phi) is 4.19. The monoisotopic (exact) mass is 311 g/mol. The second kappa shape index (κ2) is 6.28. The fourth-order valence-corrected chi connectivity index (χ4v) is 3.25. The smallest absolute Gasteiger partial charge is 0.325 e. The molecule has 0 radical (unpaired) electrons. The number of carbonyl (C=O) groups is 1. The molecular weight excluding hydrogens is 290 g/mol. The summed E-state index contributed by atoms with van der Waals surface area (Å²) in [4.78, 5) is 12.1. The van der Waals surface area contributed by atoms with Gasteiger partial charge in [-0.15, -0.1) is 0 Å². The van der Waals surface area contributed by atoms with Crippen molar-refractivity contribution in [2.75, 3.05) is 6.61 Å². The zero-order valence-electron chi connectivity index (χ0n) is 13.6. The highest BCUT2D eigenvalue weighted by Gasteiger charge is 2.27. The van der Waals surface area contributed by atoms with Crippen molar-refractivity contribution in [3.8, 4) is 11.4 Å². The Morgan fingerprint density at radius 1 is 1.52 bits per heavy atom. The number of aryl methyl sites for hydroxylation is 1. The van der Waals surface area contributed by atoms with E-state index in [4.69, 9.17) is 4.74 Å². The van der Waals surface area contributed by atoms with Crippen molar-refractivity contribution in [1.82, 2.24) is 14.3 Å². The van der Waals surface area contributed by atoms with E-state index in [9.17, 15) is 4.79 Å². The van der Waals surface area contributed by atoms with Gasteiger partial charge in [-0.25, -0.2) is 0 Å². The van der Waals surface area contributed by atoms with Gasteiger partial charge in [0.05, 0.1) is 18.0 Å². The van der Waals surface area contributed by atoms with Gasteiger partial charge in [-0.2, -0.15) is 5.10 Å². The number of hydrogen-bond acceptors (Lipinski definition) is 3. The van der Waals surface area contributed by atoms with Gasteiger partial charge in [0.1, 0.15) is 6.54 Å². The number of allylic oxidation sites excluding steroid dienone is 1. The van der Waals surface area contributed by atoms with Gasteiger partial charge in [0.15, 0.2) is 0 Å². The first-order valence-corrected chi connectivity index (χ1v) is 7.89. The van der Waals surface area contributed by atoms with Crippen LogP contribution in [0.15, 0.2) is 24.9 Å². The van der Waals surface area contributed by atoms with E-state index in [-0.39, 0.29) is 12.5 Å². The molecule has 3 heterocycles. The fourth-order valence-electron chi connectivity index (χ4n) is 3.25. The second-order valence-corrected chi connectivity index (χ2v) is 5.41. The molecule has 0 bridgehead atoms. The molecular formula is C18H21N3O2. The van der Waals surface area contributed by atoms with E-state index in [1.807, 2.05) is 47.4 Å². The molecule has 0 unspecified atom stereocenters. The predicted octanol–water partition coefficient (Wildman–Crippen LogP) is 3.15. The van der Waals surface area contributed by atoms with Gasteiger partial charge >= 0.3 is 5.97 Å². The molecule has 5 heteroatoms. The quantitative estimate of drug-likeness (QED) is 0.797. The van der Waals surface area contributed by atoms with Crippen molar-refractivity contribution in [2.24, 2.45) is 0 Å². The molecule has 0 aliphatic carbocycles. The third-order valence-corrected chi connectivity index (χ3v) is 4.10. The van der Waals surface area contributed by atoms with E-state index < -0.39 is 0 Å². The lowest BCUT2D eigenvalue weighted by molar-refractivity contribution is -0.143. The Labute approximate surface area is 135 Å². The predicted molar refractivity (Wildman–Crippen MR) is 90.8 cm³/mol. The maximum atomic E-state index is 12.1. The fraction of sp³-hybridized carbons (Fsp3) is 0.333. The van der Waals surface area contributed by atoms with Crippen LogP contribution < -0.4 is 0 Å². The van der Waals surface area contributed by atoms with Crippen LogP contribution in [0.4, 0.5) is 0 Å². The molecule has 0 fully saturated rings. The topological polar surface area (TPSA) is 49.1 Å². The molecule has 0 N–H and O–H groups in total. The van der Waals surface area contributed by atoms with Crippen molar-refractivity contribution in [3.05, 3.63) is 41.7 Å². The van der Waals surface area contributed by atoms with Crippen LogP contribution in [0.1, 0.15) is 30.7 Å². The van der Waals surface area contributed by atoms with Gasteiger partial charge in [0.2, 0.25) is 0 Å². The highest BCUT2D eigenvalue weighted by molar-refractivity contribution is 5.79. The first-order valence-electron chi connectivity index (χ1n) is 7.89. The minimum absolute atomic E-state index is 0.189. The number of esters is 1. The van der Waals surface area contributed by atoms with Crippen LogP contribution in [0.25, 0.3) is 23.5 Å². The molecule has 5 nitrogen and oxygen atoms in total. The number of nitrogens with zero attached hydrogens (tertiary/aromatic N) is 3. The summed E-state index contributed by atoms with van der Waals surface area (Å²) in [6.07, 6.45) is 8.56. The maximum Gasteiger partial charge on any atom is 0.325 e. The normalized spacial score (nSPS) is 13.0. The van der Waals surface area contributed by atoms with Crippen LogP contribution in [-0.2, 0) is 29.0 Å². The van der Waals surface area contributed by atoms with E-state index in [0.29, 0.717) is 6.61 Å². The number of hydrogen-bond donors (Lipinski definition) is 0. The molecule has 2 aromatic rings. The van der Waals surface area contributed by atoms with E-state index in [2.05, 4.69) is 11.7 Å². The van der Waals surface area contributed by atoms with Gasteiger partial charge in [0.25, 0.3) is 0 Å². The van der Waals surface area contributed by atoms with Gasteiger partial charge in [0, 0.05) is 24.0 Å². The summed E-state index contributed by atoms with van der Waals surface area (Å²) in [7, 11) is 0. The van der Waals surface area contributed by atoms with Crippen molar-refractivity contribution in [2.45, 2.75) is 33.4 Å². The summed E-state index contributed by atoms with van der Waals surface area (Å²) in [5.74, 6) is -0.233. The van der Waals surface area contributed by atoms with E-state index >= 15 is 0 Å². The van der Waals surface area contributed by atoms with Crippen LogP contribution in [0.2, 0.25) is 0 Å². The summed E-state index contributed by atoms with van der Waals surface area (Å²) in [6.45, 7) is 9.17. The zero-order valence-corrected chi connectivity index (χ0v) is 13.6. The molecule has 1 aliphatic heterocycles. The lowest BCUT2D eigenvalue weighted by atomic mass is 10.0. The van der Waals surface area contributed by atoms with E-state index in [1.54, 1.807) is 6.20 Å². The largest absolute Gasteiger partial charge is 0.465 e. The number of ether oxygens (including phenoxy) is 1. The third kappa shape index (κ3) is 2.52. The minimum atomic E-state index is -0.233. The number of fused-ring (bicyclic) bond motifs is 3. The third-order valence-electron chi connectivity index (χ3n) is 4.10. The van der Waals surface area contributed by atoms with Gasteiger partial charge < -0.3 is 9.30 Å². The highest BCUT2D eigenvalue weighted by atomic mass is 16.5. The van der Waals surface area contributed by atoms with E-state index in [0.717, 1.165) is 35.6 Å². The first kappa shape index (κ1) is 15.3. The Hall–Kier alpha value is -2.56. The molecule has 3 rings (SSSR count). The first-order chi connectivity index (χ1) is 11.2. The van der Waals surface area contributed by atoms with Gasteiger partial charge in [-0.05, 0) is 38.0 Å². The van der Waals surface area contributed by atoms with Crippen LogP contribution in [0.3, 0.4) is 0 Å². The molecule has 2 aromatic heterocycles. The Balaban J connectivity index is 2.22. The summed E-state index contributed by atoms with van der Waals surface area (Å²) < 4.78 is 9.16. The van der Waals surface area contributed by atoms with Gasteiger partial charge in [-0.3, -0.25) is 9.48 Å². The Morgan fingerprint density at radius 2 is 2.35 bits per heavy atom. The number of rotatable bonds is 5. The molecule has 1 aliphatic rings. The lowest BCUT2D eigenvalue weighted by Crippen LogP contribution is -2.18. The molecule has 0 saturated carbocycles. The summed E-state index contributed by atoms with van der Waals surface area (Å²) in [6, 6.07) is 1.99. The molecule has 0 aromatic carbocycles. The Bertz CT molecular complexity index is 781. The number of aromatic nitrogens is 3. The van der Waals surface area contributed by atoms with Crippen LogP contribution in [0, 0.1) is 0 Å². The average Bonchev–Trinajstić information content (AvgIpc) is 3.11. The van der Waals surface area contributed by atoms with Crippen LogP contribution in [0.5, 0.6) is 0 Å². The summed E-state index contributed by atoms with van der Waals surface area (Å²) >= 11 is 0. The van der Waals surface area contributed by atoms with Crippen molar-refractivity contribution >= 4 is 18.1 Å². The summed E-state index contributed by atoms with van der Waals surface area (Å²) in [5.41, 5.74) is 5.40. The van der Waals surface area contributed by atoms with Crippen LogP contribution in [-0.4, -0.2) is 26.9 Å². The average molecular weight is 311 g/mol. The van der Waals surface area contributed by atoms with Gasteiger partial charge in [-0.1, -0.05) is 18.7 Å². The molecule has 0 spiro atoms. The highest BCUT2D eigenvalue weighted by Crippen LogP contribution is 2.37. The second-order valence-electron chi connectivity index (χ2n) is 5.41.